The van der Waals surface area contributed by atoms with E-state index in [1.807, 2.05) is 19.9 Å². The van der Waals surface area contributed by atoms with Gasteiger partial charge in [-0.2, -0.15) is 5.26 Å². The molecule has 0 aliphatic carbocycles. The molecule has 0 aliphatic heterocycles. The smallest absolute Gasteiger partial charge is 0.215 e. The highest BCUT2D eigenvalue weighted by Crippen LogP contribution is 2.31. The first-order chi connectivity index (χ1) is 11.5. The van der Waals surface area contributed by atoms with Gasteiger partial charge in [-0.25, -0.2) is 23.7 Å². The molecule has 124 valence electrons. The van der Waals surface area contributed by atoms with E-state index in [0.29, 0.717) is 17.2 Å². The Morgan fingerprint density at radius 1 is 1.29 bits per heavy atom. The highest BCUT2D eigenvalue weighted by Gasteiger charge is 2.18. The predicted molar refractivity (Wildman–Crippen MR) is 94.6 cm³/mol. The van der Waals surface area contributed by atoms with Crippen molar-refractivity contribution in [2.75, 3.05) is 12.1 Å². The van der Waals surface area contributed by atoms with Crippen LogP contribution in [0.2, 0.25) is 0 Å². The van der Waals surface area contributed by atoms with Crippen molar-refractivity contribution in [2.24, 2.45) is 0 Å². The van der Waals surface area contributed by atoms with Crippen LogP contribution in [0.4, 0.5) is 10.3 Å². The summed E-state index contributed by atoms with van der Waals surface area (Å²) in [4.78, 5) is 9.00. The van der Waals surface area contributed by atoms with Gasteiger partial charge in [-0.15, -0.1) is 0 Å². The summed E-state index contributed by atoms with van der Waals surface area (Å²) in [6, 6.07) is 7.97. The summed E-state index contributed by atoms with van der Waals surface area (Å²) in [7, 11) is 1.63. The molecule has 24 heavy (non-hydrogen) atoms. The lowest BCUT2D eigenvalue weighted by Gasteiger charge is -2.19. The van der Waals surface area contributed by atoms with Crippen molar-refractivity contribution in [1.82, 2.24) is 9.97 Å². The molecule has 5 nitrogen and oxygen atoms in total. The van der Waals surface area contributed by atoms with Crippen LogP contribution in [0.5, 0.6) is 0 Å². The molecule has 2 rings (SSSR count). The molecule has 7 heteroatoms. The number of aromatic nitrogens is 2. The molecule has 0 fully saturated rings. The summed E-state index contributed by atoms with van der Waals surface area (Å²) in [6.07, 6.45) is 3.04. The fraction of sp³-hybridized carbons (Fsp3) is 0.235. The van der Waals surface area contributed by atoms with Crippen molar-refractivity contribution in [1.29, 1.82) is 5.26 Å². The van der Waals surface area contributed by atoms with E-state index >= 15 is 0 Å². The first-order valence-electron chi connectivity index (χ1n) is 7.27. The zero-order valence-corrected chi connectivity index (χ0v) is 14.5. The van der Waals surface area contributed by atoms with Gasteiger partial charge in [0.15, 0.2) is 0 Å². The van der Waals surface area contributed by atoms with Crippen molar-refractivity contribution in [3.05, 3.63) is 47.4 Å². The zero-order chi connectivity index (χ0) is 17.7. The molecule has 1 heterocycles. The lowest BCUT2D eigenvalue weighted by Crippen LogP contribution is -2.18. The Labute approximate surface area is 146 Å². The molecule has 1 aromatic heterocycles. The first kappa shape index (κ1) is 17.9. The van der Waals surface area contributed by atoms with E-state index in [4.69, 9.17) is 9.55 Å². The number of thiol groups is 1. The van der Waals surface area contributed by atoms with Gasteiger partial charge >= 0.3 is 0 Å². The normalized spacial score (nSPS) is 11.0. The molecule has 0 saturated heterocycles. The van der Waals surface area contributed by atoms with Crippen LogP contribution in [0.25, 0.3) is 17.3 Å². The van der Waals surface area contributed by atoms with Gasteiger partial charge in [0.05, 0.1) is 17.5 Å². The van der Waals surface area contributed by atoms with Crippen molar-refractivity contribution in [2.45, 2.75) is 19.8 Å². The minimum Gasteiger partial charge on any atom is -0.215 e. The quantitative estimate of drug-likeness (QED) is 0.382. The van der Waals surface area contributed by atoms with E-state index in [-0.39, 0.29) is 11.7 Å². The number of benzene rings is 1. The van der Waals surface area contributed by atoms with Crippen LogP contribution in [0, 0.1) is 17.1 Å². The van der Waals surface area contributed by atoms with Gasteiger partial charge in [-0.1, -0.05) is 13.8 Å². The van der Waals surface area contributed by atoms with Crippen LogP contribution in [0.15, 0.2) is 30.3 Å². The van der Waals surface area contributed by atoms with Gasteiger partial charge in [0.1, 0.15) is 5.82 Å². The van der Waals surface area contributed by atoms with Gasteiger partial charge in [0.25, 0.3) is 5.95 Å². The number of hydrogen-bond donors (Lipinski definition) is 1. The number of hydroxylamine groups is 1. The number of hydrogen-bond acceptors (Lipinski definition) is 6. The highest BCUT2D eigenvalue weighted by atomic mass is 32.1. The Bertz CT molecular complexity index is 784. The van der Waals surface area contributed by atoms with E-state index < -0.39 is 0 Å². The fourth-order valence-corrected chi connectivity index (χ4v) is 2.28. The highest BCUT2D eigenvalue weighted by molar-refractivity contribution is 7.75. The Balaban J connectivity index is 2.76. The largest absolute Gasteiger partial charge is 0.251 e. The standard InChI is InChI=1S/C17H17FN4OS/c1-11(2)15-14(5-4-10-19)16(12-6-8-13(18)9-7-12)21-17(20-15)22(3)23-24/h4-9,11,24H,1-3H3/b5-4+. The second-order valence-electron chi connectivity index (χ2n) is 5.37. The van der Waals surface area contributed by atoms with E-state index in [2.05, 4.69) is 22.9 Å². The monoisotopic (exact) mass is 344 g/mol. The first-order valence-corrected chi connectivity index (χ1v) is 7.63. The molecule has 0 aliphatic rings. The molecule has 0 unspecified atom stereocenters. The third-order valence-electron chi connectivity index (χ3n) is 3.36. The molecule has 0 bridgehead atoms. The summed E-state index contributed by atoms with van der Waals surface area (Å²) >= 11 is 3.77. The predicted octanol–water partition coefficient (Wildman–Crippen LogP) is 4.16. The Hall–Kier alpha value is -2.43. The van der Waals surface area contributed by atoms with Crippen LogP contribution in [-0.4, -0.2) is 17.0 Å². The minimum atomic E-state index is -0.331. The molecule has 0 N–H and O–H groups in total. The van der Waals surface area contributed by atoms with Crippen molar-refractivity contribution in [3.8, 4) is 17.3 Å². The number of nitrogens with zero attached hydrogens (tertiary/aromatic N) is 4. The van der Waals surface area contributed by atoms with Crippen LogP contribution < -0.4 is 5.06 Å². The van der Waals surface area contributed by atoms with Crippen LogP contribution >= 0.6 is 12.9 Å². The maximum atomic E-state index is 13.2. The van der Waals surface area contributed by atoms with E-state index in [1.54, 1.807) is 25.3 Å². The topological polar surface area (TPSA) is 62.0 Å². The SMILES string of the molecule is CC(C)c1nc(N(C)OS)nc(-c2ccc(F)cc2)c1/C=C/C#N. The second-order valence-corrected chi connectivity index (χ2v) is 5.54. The van der Waals surface area contributed by atoms with E-state index in [9.17, 15) is 4.39 Å². The summed E-state index contributed by atoms with van der Waals surface area (Å²) in [6.45, 7) is 3.98. The molecule has 0 spiro atoms. The maximum absolute atomic E-state index is 13.2. The average molecular weight is 344 g/mol. The summed E-state index contributed by atoms with van der Waals surface area (Å²) < 4.78 is 18.1. The van der Waals surface area contributed by atoms with Crippen molar-refractivity contribution >= 4 is 24.9 Å². The van der Waals surface area contributed by atoms with Gasteiger partial charge in [-0.05, 0) is 36.3 Å². The number of halogens is 1. The zero-order valence-electron chi connectivity index (χ0n) is 13.6. The van der Waals surface area contributed by atoms with Gasteiger partial charge in [-0.3, -0.25) is 0 Å². The van der Waals surface area contributed by atoms with Crippen molar-refractivity contribution < 1.29 is 8.67 Å². The Morgan fingerprint density at radius 3 is 2.50 bits per heavy atom. The lowest BCUT2D eigenvalue weighted by molar-refractivity contribution is 0.357. The molecule has 0 amide bonds. The summed E-state index contributed by atoms with van der Waals surface area (Å²) in [5.74, 6) is 0.0711. The number of nitriles is 1. The molecule has 2 aromatic rings. The second kappa shape index (κ2) is 7.90. The third kappa shape index (κ3) is 3.91. The molecular formula is C17H17FN4OS. The van der Waals surface area contributed by atoms with Crippen LogP contribution in [0.3, 0.4) is 0 Å². The van der Waals surface area contributed by atoms with Crippen molar-refractivity contribution in [3.63, 3.8) is 0 Å². The van der Waals surface area contributed by atoms with Gasteiger partial charge in [0, 0.05) is 37.2 Å². The van der Waals surface area contributed by atoms with E-state index in [0.717, 1.165) is 11.3 Å². The third-order valence-corrected chi connectivity index (χ3v) is 3.60. The van der Waals surface area contributed by atoms with Crippen LogP contribution in [-0.2, 0) is 4.28 Å². The summed E-state index contributed by atoms with van der Waals surface area (Å²) in [5, 5.41) is 10.2. The molecule has 1 aromatic carbocycles. The number of allylic oxidation sites excluding steroid dienone is 1. The molecule has 0 atom stereocenters. The molecule has 0 saturated carbocycles. The van der Waals surface area contributed by atoms with Crippen LogP contribution in [0.1, 0.15) is 31.0 Å². The minimum absolute atomic E-state index is 0.0811. The van der Waals surface area contributed by atoms with E-state index in [1.165, 1.54) is 23.3 Å². The maximum Gasteiger partial charge on any atom is 0.251 e. The lowest BCUT2D eigenvalue weighted by atomic mass is 9.98. The Kier molecular flexibility index (Phi) is 5.90. The summed E-state index contributed by atoms with van der Waals surface area (Å²) in [5.41, 5.74) is 2.78. The molecule has 0 radical (unpaired) electrons. The fourth-order valence-electron chi connectivity index (χ4n) is 2.20. The molecular weight excluding hydrogens is 327 g/mol. The number of anilines is 1. The number of rotatable bonds is 5. The van der Waals surface area contributed by atoms with Gasteiger partial charge < -0.3 is 0 Å². The Morgan fingerprint density at radius 2 is 1.96 bits per heavy atom. The van der Waals surface area contributed by atoms with Gasteiger partial charge in [0.2, 0.25) is 0 Å². The average Bonchev–Trinajstić information content (AvgIpc) is 2.59.